The van der Waals surface area contributed by atoms with E-state index in [-0.39, 0.29) is 0 Å². The highest BCUT2D eigenvalue weighted by atomic mass is 15.2. The fraction of sp³-hybridized carbons (Fsp3) is 0.556. The van der Waals surface area contributed by atoms with Gasteiger partial charge in [-0.1, -0.05) is 43.7 Å². The number of hydrogen-bond donors (Lipinski definition) is 1. The number of likely N-dealkylation sites (tertiary alicyclic amines) is 1. The standard InChI is InChI=1S/C18H26N2/c1-2-18-11-4-3-5-13-20(18)15-17-9-6-8-16(14-17)10-7-12-19/h6,8-9,14,18H,2-5,11-13,15,19H2,1H3. The number of nitrogens with two attached hydrogens (primary N) is 1. The molecule has 0 bridgehead atoms. The first-order chi connectivity index (χ1) is 9.83. The maximum Gasteiger partial charge on any atom is 0.0555 e. The molecule has 1 atom stereocenters. The summed E-state index contributed by atoms with van der Waals surface area (Å²) in [7, 11) is 0. The fourth-order valence-electron chi connectivity index (χ4n) is 3.04. The highest BCUT2D eigenvalue weighted by Gasteiger charge is 2.19. The van der Waals surface area contributed by atoms with Gasteiger partial charge in [0.2, 0.25) is 0 Å². The molecule has 20 heavy (non-hydrogen) atoms. The zero-order valence-corrected chi connectivity index (χ0v) is 12.6. The Bertz CT molecular complexity index is 470. The summed E-state index contributed by atoms with van der Waals surface area (Å²) in [6, 6.07) is 9.34. The molecule has 2 heteroatoms. The first-order valence-electron chi connectivity index (χ1n) is 7.85. The van der Waals surface area contributed by atoms with E-state index in [1.54, 1.807) is 0 Å². The Balaban J connectivity index is 2.07. The second-order valence-electron chi connectivity index (χ2n) is 5.59. The van der Waals surface area contributed by atoms with Crippen LogP contribution in [0.2, 0.25) is 0 Å². The van der Waals surface area contributed by atoms with E-state index < -0.39 is 0 Å². The quantitative estimate of drug-likeness (QED) is 0.855. The van der Waals surface area contributed by atoms with Gasteiger partial charge >= 0.3 is 0 Å². The molecule has 0 spiro atoms. The van der Waals surface area contributed by atoms with E-state index in [4.69, 9.17) is 5.73 Å². The number of rotatable bonds is 3. The highest BCUT2D eigenvalue weighted by molar-refractivity contribution is 5.37. The molecule has 108 valence electrons. The zero-order chi connectivity index (χ0) is 14.2. The monoisotopic (exact) mass is 270 g/mol. The molecule has 1 aliphatic rings. The molecule has 0 saturated carbocycles. The summed E-state index contributed by atoms with van der Waals surface area (Å²) in [6.07, 6.45) is 6.71. The van der Waals surface area contributed by atoms with Gasteiger partial charge in [0.1, 0.15) is 0 Å². The Morgan fingerprint density at radius 3 is 3.00 bits per heavy atom. The fourth-order valence-corrected chi connectivity index (χ4v) is 3.04. The number of benzene rings is 1. The minimum Gasteiger partial charge on any atom is -0.320 e. The lowest BCUT2D eigenvalue weighted by Crippen LogP contribution is -2.33. The van der Waals surface area contributed by atoms with Crippen LogP contribution < -0.4 is 5.73 Å². The molecule has 0 aromatic heterocycles. The zero-order valence-electron chi connectivity index (χ0n) is 12.6. The van der Waals surface area contributed by atoms with Crippen LogP contribution in [0.4, 0.5) is 0 Å². The molecule has 0 amide bonds. The van der Waals surface area contributed by atoms with Crippen LogP contribution in [0, 0.1) is 11.8 Å². The van der Waals surface area contributed by atoms with Crippen LogP contribution in [0.3, 0.4) is 0 Å². The molecule has 2 rings (SSSR count). The van der Waals surface area contributed by atoms with Crippen molar-refractivity contribution < 1.29 is 0 Å². The van der Waals surface area contributed by atoms with E-state index in [1.807, 2.05) is 0 Å². The third-order valence-electron chi connectivity index (χ3n) is 4.12. The minimum absolute atomic E-state index is 0.425. The van der Waals surface area contributed by atoms with Gasteiger partial charge in [0.15, 0.2) is 0 Å². The number of hydrogen-bond acceptors (Lipinski definition) is 2. The van der Waals surface area contributed by atoms with E-state index in [2.05, 4.69) is 47.9 Å². The minimum atomic E-state index is 0.425. The highest BCUT2D eigenvalue weighted by Crippen LogP contribution is 2.21. The third-order valence-corrected chi connectivity index (χ3v) is 4.12. The van der Waals surface area contributed by atoms with Crippen LogP contribution >= 0.6 is 0 Å². The summed E-state index contributed by atoms with van der Waals surface area (Å²) in [5.74, 6) is 6.06. The molecule has 0 aliphatic carbocycles. The van der Waals surface area contributed by atoms with Crippen molar-refractivity contribution in [2.75, 3.05) is 13.1 Å². The molecule has 1 saturated heterocycles. The Labute approximate surface area is 123 Å². The molecule has 1 aliphatic heterocycles. The topological polar surface area (TPSA) is 29.3 Å². The smallest absolute Gasteiger partial charge is 0.0555 e. The van der Waals surface area contributed by atoms with Gasteiger partial charge in [0.25, 0.3) is 0 Å². The van der Waals surface area contributed by atoms with Crippen LogP contribution in [0.1, 0.15) is 50.2 Å². The average Bonchev–Trinajstić information content (AvgIpc) is 2.70. The van der Waals surface area contributed by atoms with Gasteiger partial charge < -0.3 is 5.73 Å². The Morgan fingerprint density at radius 1 is 1.30 bits per heavy atom. The lowest BCUT2D eigenvalue weighted by atomic mass is 10.1. The summed E-state index contributed by atoms with van der Waals surface area (Å²) < 4.78 is 0. The number of nitrogens with zero attached hydrogens (tertiary/aromatic N) is 1. The van der Waals surface area contributed by atoms with E-state index in [9.17, 15) is 0 Å². The van der Waals surface area contributed by atoms with Crippen molar-refractivity contribution >= 4 is 0 Å². The molecule has 1 aromatic rings. The van der Waals surface area contributed by atoms with Gasteiger partial charge in [-0.15, -0.1) is 0 Å². The van der Waals surface area contributed by atoms with Crippen LogP contribution in [-0.4, -0.2) is 24.0 Å². The van der Waals surface area contributed by atoms with Crippen molar-refractivity contribution in [3.05, 3.63) is 35.4 Å². The molecule has 1 heterocycles. The van der Waals surface area contributed by atoms with Crippen molar-refractivity contribution in [2.45, 2.75) is 51.6 Å². The van der Waals surface area contributed by atoms with Gasteiger partial charge in [0.05, 0.1) is 6.54 Å². The molecular formula is C18H26N2. The van der Waals surface area contributed by atoms with E-state index in [0.717, 1.165) is 18.2 Å². The lowest BCUT2D eigenvalue weighted by Gasteiger charge is -2.29. The predicted molar refractivity (Wildman–Crippen MR) is 85.3 cm³/mol. The Kier molecular flexibility index (Phi) is 6.11. The van der Waals surface area contributed by atoms with Crippen molar-refractivity contribution in [3.8, 4) is 11.8 Å². The lowest BCUT2D eigenvalue weighted by molar-refractivity contribution is 0.186. The molecule has 1 fully saturated rings. The van der Waals surface area contributed by atoms with E-state index in [0.29, 0.717) is 6.54 Å². The first kappa shape index (κ1) is 15.1. The maximum atomic E-state index is 5.44. The van der Waals surface area contributed by atoms with Gasteiger partial charge in [-0.2, -0.15) is 0 Å². The molecule has 2 N–H and O–H groups in total. The van der Waals surface area contributed by atoms with Gasteiger partial charge in [-0.3, -0.25) is 4.90 Å². The van der Waals surface area contributed by atoms with Crippen molar-refractivity contribution in [1.29, 1.82) is 0 Å². The predicted octanol–water partition coefficient (Wildman–Crippen LogP) is 3.15. The average molecular weight is 270 g/mol. The molecule has 1 unspecified atom stereocenters. The molecular weight excluding hydrogens is 244 g/mol. The second-order valence-corrected chi connectivity index (χ2v) is 5.59. The summed E-state index contributed by atoms with van der Waals surface area (Å²) >= 11 is 0. The summed E-state index contributed by atoms with van der Waals surface area (Å²) in [5, 5.41) is 0. The SMILES string of the molecule is CCC1CCCCCN1Cc1cccc(C#CCN)c1. The van der Waals surface area contributed by atoms with E-state index >= 15 is 0 Å². The summed E-state index contributed by atoms with van der Waals surface area (Å²) in [4.78, 5) is 2.66. The molecule has 2 nitrogen and oxygen atoms in total. The Hall–Kier alpha value is -1.30. The van der Waals surface area contributed by atoms with Crippen molar-refractivity contribution in [1.82, 2.24) is 4.90 Å². The third kappa shape index (κ3) is 4.37. The van der Waals surface area contributed by atoms with Gasteiger partial charge in [-0.05, 0) is 43.5 Å². The van der Waals surface area contributed by atoms with Gasteiger partial charge in [-0.25, -0.2) is 0 Å². The molecule has 1 aromatic carbocycles. The summed E-state index contributed by atoms with van der Waals surface area (Å²) in [5.41, 5.74) is 7.88. The normalized spacial score (nSPS) is 20.0. The van der Waals surface area contributed by atoms with Crippen molar-refractivity contribution in [2.24, 2.45) is 5.73 Å². The van der Waals surface area contributed by atoms with Crippen molar-refractivity contribution in [3.63, 3.8) is 0 Å². The maximum absolute atomic E-state index is 5.44. The largest absolute Gasteiger partial charge is 0.320 e. The van der Waals surface area contributed by atoms with Crippen LogP contribution in [-0.2, 0) is 6.54 Å². The van der Waals surface area contributed by atoms with Crippen LogP contribution in [0.25, 0.3) is 0 Å². The summed E-state index contributed by atoms with van der Waals surface area (Å²) in [6.45, 7) is 5.02. The van der Waals surface area contributed by atoms with E-state index in [1.165, 1.54) is 44.2 Å². The van der Waals surface area contributed by atoms with Crippen LogP contribution in [0.15, 0.2) is 24.3 Å². The molecule has 0 radical (unpaired) electrons. The van der Waals surface area contributed by atoms with Gasteiger partial charge in [0, 0.05) is 18.2 Å². The first-order valence-corrected chi connectivity index (χ1v) is 7.85. The Morgan fingerprint density at radius 2 is 2.20 bits per heavy atom. The van der Waals surface area contributed by atoms with Crippen LogP contribution in [0.5, 0.6) is 0 Å². The second kappa shape index (κ2) is 8.09.